The molecule has 27 heavy (non-hydrogen) atoms. The number of hydrogen-bond acceptors (Lipinski definition) is 8. The summed E-state index contributed by atoms with van der Waals surface area (Å²) in [6, 6.07) is 2.84. The highest BCUT2D eigenvalue weighted by molar-refractivity contribution is 6.16. The lowest BCUT2D eigenvalue weighted by molar-refractivity contribution is -0.384. The van der Waals surface area contributed by atoms with Crippen molar-refractivity contribution in [2.45, 2.75) is 40.2 Å². The third-order valence-electron chi connectivity index (χ3n) is 4.40. The van der Waals surface area contributed by atoms with Crippen molar-refractivity contribution in [3.63, 3.8) is 0 Å². The molecule has 9 nitrogen and oxygen atoms in total. The number of benzene rings is 1. The average molecular weight is 375 g/mol. The normalized spacial score (nSPS) is 22.1. The van der Waals surface area contributed by atoms with Crippen molar-refractivity contribution >= 4 is 28.9 Å². The van der Waals surface area contributed by atoms with Gasteiger partial charge in [-0.05, 0) is 30.9 Å². The number of carbonyl (C=O) groups is 3. The molecule has 144 valence electrons. The lowest BCUT2D eigenvalue weighted by atomic mass is 9.66. The monoisotopic (exact) mass is 375 g/mol. The van der Waals surface area contributed by atoms with Gasteiger partial charge in [0, 0.05) is 12.5 Å². The Morgan fingerprint density at radius 1 is 1.37 bits per heavy atom. The van der Waals surface area contributed by atoms with E-state index in [9.17, 15) is 24.5 Å². The summed E-state index contributed by atoms with van der Waals surface area (Å²) in [7, 11) is 0. The minimum Gasteiger partial charge on any atom is -0.465 e. The van der Waals surface area contributed by atoms with Gasteiger partial charge < -0.3 is 4.74 Å². The van der Waals surface area contributed by atoms with Gasteiger partial charge in [-0.1, -0.05) is 19.9 Å². The maximum absolute atomic E-state index is 12.8. The molecular formula is C18H21N3O6. The van der Waals surface area contributed by atoms with Gasteiger partial charge in [0.2, 0.25) is 0 Å². The van der Waals surface area contributed by atoms with E-state index in [0.29, 0.717) is 5.56 Å². The number of ketones is 2. The molecule has 0 N–H and O–H groups in total. The zero-order chi connectivity index (χ0) is 20.4. The molecule has 9 heteroatoms. The van der Waals surface area contributed by atoms with Crippen LogP contribution in [0, 0.1) is 28.4 Å². The molecule has 0 heterocycles. The molecule has 0 radical (unpaired) electrons. The van der Waals surface area contributed by atoms with E-state index in [1.165, 1.54) is 12.1 Å². The van der Waals surface area contributed by atoms with E-state index in [4.69, 9.17) is 4.74 Å². The molecule has 2 unspecified atom stereocenters. The Labute approximate surface area is 156 Å². The Morgan fingerprint density at radius 3 is 2.63 bits per heavy atom. The van der Waals surface area contributed by atoms with Crippen LogP contribution in [0.1, 0.15) is 32.8 Å². The standard InChI is InChI=1S/C18H21N3O6/c1-5-27-17(24)14-16(23)15(13(22)9-18(14,3)4)20-19-11-7-6-10(2)8-12(11)21(25)26/h6-8,14-15H,5,9H2,1-4H3/b20-19+. The van der Waals surface area contributed by atoms with Gasteiger partial charge in [0.1, 0.15) is 5.92 Å². The second-order valence-electron chi connectivity index (χ2n) is 7.09. The second-order valence-corrected chi connectivity index (χ2v) is 7.09. The highest BCUT2D eigenvalue weighted by atomic mass is 16.6. The lowest BCUT2D eigenvalue weighted by Gasteiger charge is -2.36. The van der Waals surface area contributed by atoms with E-state index < -0.39 is 39.8 Å². The van der Waals surface area contributed by atoms with E-state index in [2.05, 4.69) is 10.2 Å². The van der Waals surface area contributed by atoms with Gasteiger partial charge in [-0.15, -0.1) is 5.11 Å². The van der Waals surface area contributed by atoms with Crippen molar-refractivity contribution in [3.05, 3.63) is 33.9 Å². The molecule has 0 bridgehead atoms. The number of hydrogen-bond donors (Lipinski definition) is 0. The molecule has 2 atom stereocenters. The van der Waals surface area contributed by atoms with Crippen LogP contribution in [-0.4, -0.2) is 35.1 Å². The maximum Gasteiger partial charge on any atom is 0.317 e. The maximum atomic E-state index is 12.8. The third kappa shape index (κ3) is 4.24. The SMILES string of the molecule is CCOC(=O)C1C(=O)C(/N=N/c2ccc(C)cc2[N+](=O)[O-])C(=O)CC1(C)C. The molecule has 1 aromatic carbocycles. The highest BCUT2D eigenvalue weighted by Gasteiger charge is 2.52. The largest absolute Gasteiger partial charge is 0.465 e. The van der Waals surface area contributed by atoms with E-state index >= 15 is 0 Å². The molecule has 1 aliphatic rings. The summed E-state index contributed by atoms with van der Waals surface area (Å²) in [5.41, 5.74) is -0.586. The van der Waals surface area contributed by atoms with Crippen LogP contribution in [0.5, 0.6) is 0 Å². The molecule has 0 aromatic heterocycles. The topological polar surface area (TPSA) is 128 Å². The van der Waals surface area contributed by atoms with Crippen LogP contribution in [-0.2, 0) is 19.1 Å². The predicted octanol–water partition coefficient (Wildman–Crippen LogP) is 3.10. The molecular weight excluding hydrogens is 354 g/mol. The first-order chi connectivity index (χ1) is 12.6. The zero-order valence-corrected chi connectivity index (χ0v) is 15.6. The van der Waals surface area contributed by atoms with E-state index in [0.717, 1.165) is 0 Å². The summed E-state index contributed by atoms with van der Waals surface area (Å²) >= 11 is 0. The quantitative estimate of drug-likeness (QED) is 0.256. The average Bonchev–Trinajstić information content (AvgIpc) is 2.54. The van der Waals surface area contributed by atoms with E-state index in [1.807, 2.05) is 0 Å². The van der Waals surface area contributed by atoms with Crippen molar-refractivity contribution in [1.82, 2.24) is 0 Å². The second kappa shape index (κ2) is 7.73. The first kappa shape index (κ1) is 20.3. The van der Waals surface area contributed by atoms with Crippen molar-refractivity contribution in [2.24, 2.45) is 21.6 Å². The molecule has 0 aliphatic heterocycles. The van der Waals surface area contributed by atoms with Crippen LogP contribution in [0.3, 0.4) is 0 Å². The van der Waals surface area contributed by atoms with Crippen LogP contribution in [0.15, 0.2) is 28.4 Å². The predicted molar refractivity (Wildman–Crippen MR) is 94.7 cm³/mol. The van der Waals surface area contributed by atoms with Gasteiger partial charge in [0.25, 0.3) is 5.69 Å². The van der Waals surface area contributed by atoms with Gasteiger partial charge in [0.05, 0.1) is 11.5 Å². The molecule has 0 saturated heterocycles. The van der Waals surface area contributed by atoms with Crippen LogP contribution in [0.25, 0.3) is 0 Å². The minimum absolute atomic E-state index is 0.0537. The Morgan fingerprint density at radius 2 is 2.04 bits per heavy atom. The molecule has 0 amide bonds. The lowest BCUT2D eigenvalue weighted by Crippen LogP contribution is -2.51. The Kier molecular flexibility index (Phi) is 5.82. The number of nitro groups is 1. The fourth-order valence-electron chi connectivity index (χ4n) is 3.12. The number of esters is 1. The Hall–Kier alpha value is -2.97. The number of azo groups is 1. The number of rotatable bonds is 5. The molecule has 1 aliphatic carbocycles. The summed E-state index contributed by atoms with van der Waals surface area (Å²) in [5.74, 6) is -3.04. The van der Waals surface area contributed by atoms with Crippen LogP contribution < -0.4 is 0 Å². The summed E-state index contributed by atoms with van der Waals surface area (Å²) in [4.78, 5) is 47.9. The summed E-state index contributed by atoms with van der Waals surface area (Å²) < 4.78 is 4.96. The van der Waals surface area contributed by atoms with Gasteiger partial charge in [-0.3, -0.25) is 24.5 Å². The van der Waals surface area contributed by atoms with Crippen molar-refractivity contribution in [3.8, 4) is 0 Å². The number of nitro benzene ring substituents is 1. The third-order valence-corrected chi connectivity index (χ3v) is 4.40. The molecule has 1 saturated carbocycles. The molecule has 2 rings (SSSR count). The number of ether oxygens (including phenoxy) is 1. The van der Waals surface area contributed by atoms with Crippen molar-refractivity contribution in [1.29, 1.82) is 0 Å². The Bertz CT molecular complexity index is 830. The smallest absolute Gasteiger partial charge is 0.317 e. The van der Waals surface area contributed by atoms with Crippen LogP contribution in [0.4, 0.5) is 11.4 Å². The molecule has 1 fully saturated rings. The summed E-state index contributed by atoms with van der Waals surface area (Å²) in [5, 5.41) is 18.7. The van der Waals surface area contributed by atoms with Gasteiger partial charge in [0.15, 0.2) is 23.3 Å². The Balaban J connectivity index is 2.37. The summed E-state index contributed by atoms with van der Waals surface area (Å²) in [6.07, 6.45) is -0.0537. The van der Waals surface area contributed by atoms with Crippen molar-refractivity contribution < 1.29 is 24.0 Å². The van der Waals surface area contributed by atoms with Gasteiger partial charge in [-0.25, -0.2) is 0 Å². The number of Topliss-reactive ketones (excluding diaryl/α,β-unsaturated/α-hetero) is 2. The number of carbonyl (C=O) groups excluding carboxylic acids is 3. The fourth-order valence-corrected chi connectivity index (χ4v) is 3.12. The number of aryl methyl sites for hydroxylation is 1. The summed E-state index contributed by atoms with van der Waals surface area (Å²) in [6.45, 7) is 6.70. The van der Waals surface area contributed by atoms with Gasteiger partial charge >= 0.3 is 5.97 Å². The van der Waals surface area contributed by atoms with E-state index in [-0.39, 0.29) is 24.4 Å². The van der Waals surface area contributed by atoms with E-state index in [1.54, 1.807) is 33.8 Å². The minimum atomic E-state index is -1.48. The first-order valence-electron chi connectivity index (χ1n) is 8.47. The van der Waals surface area contributed by atoms with Crippen LogP contribution in [0.2, 0.25) is 0 Å². The van der Waals surface area contributed by atoms with Crippen molar-refractivity contribution in [2.75, 3.05) is 6.61 Å². The van der Waals surface area contributed by atoms with Crippen LogP contribution >= 0.6 is 0 Å². The highest BCUT2D eigenvalue weighted by Crippen LogP contribution is 2.39. The zero-order valence-electron chi connectivity index (χ0n) is 15.6. The van der Waals surface area contributed by atoms with Gasteiger partial charge in [-0.2, -0.15) is 5.11 Å². The fraction of sp³-hybridized carbons (Fsp3) is 0.500. The number of nitrogens with zero attached hydrogens (tertiary/aromatic N) is 3. The molecule has 1 aromatic rings. The molecule has 0 spiro atoms. The first-order valence-corrected chi connectivity index (χ1v) is 8.47.